The highest BCUT2D eigenvalue weighted by Crippen LogP contribution is 2.35. The van der Waals surface area contributed by atoms with Gasteiger partial charge < -0.3 is 15.6 Å². The molecular formula is C15H21N5. The van der Waals surface area contributed by atoms with Crippen LogP contribution >= 0.6 is 0 Å². The van der Waals surface area contributed by atoms with Gasteiger partial charge in [-0.2, -0.15) is 0 Å². The summed E-state index contributed by atoms with van der Waals surface area (Å²) in [4.78, 5) is 12.1. The van der Waals surface area contributed by atoms with Crippen molar-refractivity contribution >= 4 is 16.9 Å². The Morgan fingerprint density at radius 3 is 3.00 bits per heavy atom. The number of aromatic amines is 1. The molecule has 1 saturated carbocycles. The fourth-order valence-corrected chi connectivity index (χ4v) is 3.10. The van der Waals surface area contributed by atoms with Crippen LogP contribution in [0, 0.1) is 5.92 Å². The minimum atomic E-state index is 0.477. The Hall–Kier alpha value is -1.62. The van der Waals surface area contributed by atoms with Crippen molar-refractivity contribution in [2.24, 2.45) is 5.92 Å². The van der Waals surface area contributed by atoms with Gasteiger partial charge in [-0.15, -0.1) is 0 Å². The minimum Gasteiger partial charge on any atom is -0.365 e. The lowest BCUT2D eigenvalue weighted by molar-refractivity contribution is 0.479. The van der Waals surface area contributed by atoms with Gasteiger partial charge >= 0.3 is 0 Å². The van der Waals surface area contributed by atoms with Crippen molar-refractivity contribution in [2.75, 3.05) is 18.4 Å². The molecule has 0 aromatic carbocycles. The van der Waals surface area contributed by atoms with Crippen molar-refractivity contribution in [3.63, 3.8) is 0 Å². The van der Waals surface area contributed by atoms with E-state index in [1.807, 2.05) is 0 Å². The molecule has 3 N–H and O–H groups in total. The van der Waals surface area contributed by atoms with Crippen molar-refractivity contribution in [3.8, 4) is 0 Å². The van der Waals surface area contributed by atoms with E-state index in [0.717, 1.165) is 36.9 Å². The van der Waals surface area contributed by atoms with E-state index in [2.05, 4.69) is 31.8 Å². The molecule has 2 aromatic heterocycles. The first kappa shape index (κ1) is 12.1. The molecule has 1 aliphatic heterocycles. The number of piperidine rings is 1. The van der Waals surface area contributed by atoms with Crippen LogP contribution in [-0.4, -0.2) is 34.1 Å². The molecule has 2 aromatic rings. The number of anilines is 1. The third kappa shape index (κ3) is 2.38. The molecule has 20 heavy (non-hydrogen) atoms. The van der Waals surface area contributed by atoms with E-state index in [1.165, 1.54) is 36.6 Å². The van der Waals surface area contributed by atoms with Gasteiger partial charge in [-0.05, 0) is 50.1 Å². The average Bonchev–Trinajstić information content (AvgIpc) is 3.20. The zero-order valence-electron chi connectivity index (χ0n) is 11.7. The minimum absolute atomic E-state index is 0.477. The lowest BCUT2D eigenvalue weighted by Crippen LogP contribution is -2.38. The van der Waals surface area contributed by atoms with Crippen LogP contribution in [0.5, 0.6) is 0 Å². The van der Waals surface area contributed by atoms with Gasteiger partial charge in [0.25, 0.3) is 0 Å². The third-order valence-corrected chi connectivity index (χ3v) is 4.39. The summed E-state index contributed by atoms with van der Waals surface area (Å²) in [6, 6.07) is 0.477. The van der Waals surface area contributed by atoms with Crippen molar-refractivity contribution in [2.45, 2.75) is 38.1 Å². The molecule has 0 radical (unpaired) electrons. The van der Waals surface area contributed by atoms with Crippen molar-refractivity contribution < 1.29 is 0 Å². The molecule has 5 nitrogen and oxygen atoms in total. The zero-order chi connectivity index (χ0) is 13.4. The average molecular weight is 271 g/mol. The first-order chi connectivity index (χ1) is 9.90. The maximum atomic E-state index is 4.49. The lowest BCUT2D eigenvalue weighted by Gasteiger charge is -2.24. The molecule has 0 amide bonds. The fourth-order valence-electron chi connectivity index (χ4n) is 3.10. The van der Waals surface area contributed by atoms with Gasteiger partial charge in [0.15, 0.2) is 0 Å². The monoisotopic (exact) mass is 271 g/mol. The van der Waals surface area contributed by atoms with E-state index in [9.17, 15) is 0 Å². The van der Waals surface area contributed by atoms with Crippen LogP contribution < -0.4 is 10.6 Å². The van der Waals surface area contributed by atoms with E-state index in [1.54, 1.807) is 6.33 Å². The van der Waals surface area contributed by atoms with E-state index in [-0.39, 0.29) is 0 Å². The summed E-state index contributed by atoms with van der Waals surface area (Å²) in [6.07, 6.45) is 10.1. The molecule has 2 fully saturated rings. The Kier molecular flexibility index (Phi) is 3.07. The summed E-state index contributed by atoms with van der Waals surface area (Å²) in [5.74, 6) is 1.87. The molecule has 0 bridgehead atoms. The maximum Gasteiger partial charge on any atom is 0.143 e. The smallest absolute Gasteiger partial charge is 0.143 e. The number of fused-ring (bicyclic) bond motifs is 1. The third-order valence-electron chi connectivity index (χ3n) is 4.39. The lowest BCUT2D eigenvalue weighted by atomic mass is 10.1. The van der Waals surface area contributed by atoms with Gasteiger partial charge in [0.2, 0.25) is 0 Å². The van der Waals surface area contributed by atoms with E-state index >= 15 is 0 Å². The predicted octanol–water partition coefficient (Wildman–Crippen LogP) is 2.07. The van der Waals surface area contributed by atoms with Gasteiger partial charge in [0, 0.05) is 18.8 Å². The van der Waals surface area contributed by atoms with Crippen LogP contribution in [0.4, 0.5) is 5.82 Å². The second-order valence-corrected chi connectivity index (χ2v) is 6.09. The molecule has 1 aliphatic carbocycles. The van der Waals surface area contributed by atoms with E-state index in [4.69, 9.17) is 0 Å². The molecule has 1 saturated heterocycles. The Bertz CT molecular complexity index is 595. The number of aromatic nitrogens is 3. The van der Waals surface area contributed by atoms with Crippen LogP contribution in [-0.2, 0) is 6.42 Å². The van der Waals surface area contributed by atoms with Gasteiger partial charge in [0.05, 0.1) is 5.39 Å². The van der Waals surface area contributed by atoms with Gasteiger partial charge in [-0.25, -0.2) is 9.97 Å². The number of hydrogen-bond donors (Lipinski definition) is 3. The standard InChI is InChI=1S/C15H21N5/c1-2-12(8-16-5-1)20-15-13-11(6-10-3-4-10)7-17-14(13)18-9-19-15/h7,9-10,12,16H,1-6,8H2,(H2,17,18,19,20)/t12-/m1/s1. The fraction of sp³-hybridized carbons (Fsp3) is 0.600. The van der Waals surface area contributed by atoms with Crippen LogP contribution in [0.3, 0.4) is 0 Å². The second-order valence-electron chi connectivity index (χ2n) is 6.09. The summed E-state index contributed by atoms with van der Waals surface area (Å²) in [6.45, 7) is 2.16. The Labute approximate surface area is 118 Å². The highest BCUT2D eigenvalue weighted by molar-refractivity contribution is 5.90. The van der Waals surface area contributed by atoms with Crippen molar-refractivity contribution in [1.82, 2.24) is 20.3 Å². The van der Waals surface area contributed by atoms with Gasteiger partial charge in [-0.1, -0.05) is 0 Å². The number of nitrogens with zero attached hydrogens (tertiary/aromatic N) is 2. The normalized spacial score (nSPS) is 23.1. The van der Waals surface area contributed by atoms with Crippen LogP contribution in [0.15, 0.2) is 12.5 Å². The van der Waals surface area contributed by atoms with Gasteiger partial charge in [0.1, 0.15) is 17.8 Å². The molecule has 1 atom stereocenters. The molecule has 0 spiro atoms. The number of H-pyrrole nitrogens is 1. The highest BCUT2D eigenvalue weighted by atomic mass is 15.1. The predicted molar refractivity (Wildman–Crippen MR) is 79.8 cm³/mol. The quantitative estimate of drug-likeness (QED) is 0.796. The largest absolute Gasteiger partial charge is 0.365 e. The summed E-state index contributed by atoms with van der Waals surface area (Å²) < 4.78 is 0. The molecule has 5 heteroatoms. The van der Waals surface area contributed by atoms with Crippen LogP contribution in [0.2, 0.25) is 0 Å². The molecule has 0 unspecified atom stereocenters. The Morgan fingerprint density at radius 2 is 2.20 bits per heavy atom. The number of rotatable bonds is 4. The molecule has 3 heterocycles. The number of nitrogens with one attached hydrogen (secondary N) is 3. The Morgan fingerprint density at radius 1 is 1.25 bits per heavy atom. The highest BCUT2D eigenvalue weighted by Gasteiger charge is 2.24. The first-order valence-corrected chi connectivity index (χ1v) is 7.68. The molecular weight excluding hydrogens is 250 g/mol. The van der Waals surface area contributed by atoms with Crippen molar-refractivity contribution in [1.29, 1.82) is 0 Å². The first-order valence-electron chi connectivity index (χ1n) is 7.68. The molecule has 2 aliphatic rings. The summed E-state index contributed by atoms with van der Waals surface area (Å²) in [5.41, 5.74) is 2.33. The topological polar surface area (TPSA) is 65.6 Å². The van der Waals surface area contributed by atoms with Crippen LogP contribution in [0.25, 0.3) is 11.0 Å². The van der Waals surface area contributed by atoms with Gasteiger partial charge in [-0.3, -0.25) is 0 Å². The van der Waals surface area contributed by atoms with Crippen molar-refractivity contribution in [3.05, 3.63) is 18.1 Å². The van der Waals surface area contributed by atoms with E-state index < -0.39 is 0 Å². The summed E-state index contributed by atoms with van der Waals surface area (Å²) in [7, 11) is 0. The summed E-state index contributed by atoms with van der Waals surface area (Å²) in [5, 5.41) is 8.25. The maximum absolute atomic E-state index is 4.49. The summed E-state index contributed by atoms with van der Waals surface area (Å²) >= 11 is 0. The number of hydrogen-bond acceptors (Lipinski definition) is 4. The SMILES string of the molecule is c1nc(N[C@@H]2CCCNC2)c2c(CC3CC3)c[nH]c2n1. The van der Waals surface area contributed by atoms with Crippen LogP contribution in [0.1, 0.15) is 31.2 Å². The molecule has 4 rings (SSSR count). The second kappa shape index (κ2) is 5.05. The van der Waals surface area contributed by atoms with E-state index in [0.29, 0.717) is 6.04 Å². The molecule has 106 valence electrons. The Balaban J connectivity index is 1.64. The zero-order valence-corrected chi connectivity index (χ0v) is 11.7.